The Balaban J connectivity index is 2.30. The predicted octanol–water partition coefficient (Wildman–Crippen LogP) is 3.91. The van der Waals surface area contributed by atoms with Crippen LogP contribution in [0.3, 0.4) is 0 Å². The molecule has 0 saturated heterocycles. The molecule has 0 bridgehead atoms. The molecule has 0 aliphatic carbocycles. The highest BCUT2D eigenvalue weighted by atomic mass is 14.9. The molecule has 0 radical (unpaired) electrons. The van der Waals surface area contributed by atoms with Crippen LogP contribution in [0.1, 0.15) is 11.1 Å². The maximum Gasteiger partial charge on any atom is 0.154 e. The first kappa shape index (κ1) is 15.8. The summed E-state index contributed by atoms with van der Waals surface area (Å²) in [6.07, 6.45) is 1.87. The van der Waals surface area contributed by atoms with Gasteiger partial charge in [0.15, 0.2) is 5.57 Å². The smallest absolute Gasteiger partial charge is 0.154 e. The van der Waals surface area contributed by atoms with Gasteiger partial charge in [-0.15, -0.1) is 0 Å². The lowest BCUT2D eigenvalue weighted by Gasteiger charge is -2.22. The molecule has 0 spiro atoms. The predicted molar refractivity (Wildman–Crippen MR) is 94.8 cm³/mol. The van der Waals surface area contributed by atoms with E-state index in [0.29, 0.717) is 5.57 Å². The van der Waals surface area contributed by atoms with Crippen LogP contribution in [-0.4, -0.2) is 0 Å². The normalized spacial score (nSPS) is 13.0. The molecule has 2 aromatic rings. The molecular weight excluding hydrogens is 308 g/mol. The molecule has 1 aliphatic heterocycles. The summed E-state index contributed by atoms with van der Waals surface area (Å²) in [5.74, 6) is 0. The van der Waals surface area contributed by atoms with E-state index in [1.54, 1.807) is 0 Å². The van der Waals surface area contributed by atoms with Crippen LogP contribution in [0.25, 0.3) is 11.3 Å². The SMILES string of the molecule is N#CC(C#N)=C1NC(c2ccccc2)=CC(c2ccccc2)=C1C#N. The molecule has 0 saturated carbocycles. The lowest BCUT2D eigenvalue weighted by Crippen LogP contribution is -2.20. The molecule has 3 rings (SSSR count). The van der Waals surface area contributed by atoms with Crippen molar-refractivity contribution in [1.29, 1.82) is 15.8 Å². The summed E-state index contributed by atoms with van der Waals surface area (Å²) >= 11 is 0. The van der Waals surface area contributed by atoms with Gasteiger partial charge in [0, 0.05) is 11.3 Å². The fourth-order valence-electron chi connectivity index (χ4n) is 2.64. The summed E-state index contributed by atoms with van der Waals surface area (Å²) in [5.41, 5.74) is 3.57. The summed E-state index contributed by atoms with van der Waals surface area (Å²) in [6, 6.07) is 24.9. The number of rotatable bonds is 2. The van der Waals surface area contributed by atoms with Crippen molar-refractivity contribution in [2.24, 2.45) is 0 Å². The average Bonchev–Trinajstić information content (AvgIpc) is 2.69. The van der Waals surface area contributed by atoms with E-state index in [9.17, 15) is 15.8 Å². The molecule has 2 aromatic carbocycles. The molecule has 4 nitrogen and oxygen atoms in total. The molecular formula is C21H12N4. The highest BCUT2D eigenvalue weighted by molar-refractivity contribution is 5.93. The standard InChI is InChI=1S/C21H12N4/c22-12-17(13-23)21-19(14-24)18(15-7-3-1-4-8-15)11-20(25-21)16-9-5-2-6-10-16/h1-11,25H. The van der Waals surface area contributed by atoms with Crippen LogP contribution in [0.2, 0.25) is 0 Å². The van der Waals surface area contributed by atoms with Gasteiger partial charge in [0.1, 0.15) is 18.2 Å². The zero-order chi connectivity index (χ0) is 17.6. The number of hydrogen-bond acceptors (Lipinski definition) is 4. The van der Waals surface area contributed by atoms with Crippen LogP contribution >= 0.6 is 0 Å². The fraction of sp³-hybridized carbons (Fsp3) is 0. The minimum atomic E-state index is -0.119. The lowest BCUT2D eigenvalue weighted by atomic mass is 9.91. The summed E-state index contributed by atoms with van der Waals surface area (Å²) in [7, 11) is 0. The third-order valence-electron chi connectivity index (χ3n) is 3.82. The molecule has 1 N–H and O–H groups in total. The van der Waals surface area contributed by atoms with Crippen LogP contribution in [0.5, 0.6) is 0 Å². The van der Waals surface area contributed by atoms with Crippen LogP contribution in [0.15, 0.2) is 83.6 Å². The Hall–Kier alpha value is -4.07. The summed E-state index contributed by atoms with van der Waals surface area (Å²) in [6.45, 7) is 0. The third-order valence-corrected chi connectivity index (χ3v) is 3.82. The molecule has 4 heteroatoms. The van der Waals surface area contributed by atoms with Crippen molar-refractivity contribution < 1.29 is 0 Å². The lowest BCUT2D eigenvalue weighted by molar-refractivity contribution is 1.08. The molecule has 0 amide bonds. The zero-order valence-corrected chi connectivity index (χ0v) is 13.2. The van der Waals surface area contributed by atoms with Gasteiger partial charge >= 0.3 is 0 Å². The Morgan fingerprint density at radius 1 is 0.760 bits per heavy atom. The maximum atomic E-state index is 9.66. The van der Waals surface area contributed by atoms with Crippen LogP contribution < -0.4 is 5.32 Å². The molecule has 0 aromatic heterocycles. The molecule has 0 fully saturated rings. The zero-order valence-electron chi connectivity index (χ0n) is 13.2. The van der Waals surface area contributed by atoms with Crippen molar-refractivity contribution in [2.45, 2.75) is 0 Å². The van der Waals surface area contributed by atoms with Crippen molar-refractivity contribution in [1.82, 2.24) is 5.32 Å². The second-order valence-corrected chi connectivity index (χ2v) is 5.29. The largest absolute Gasteiger partial charge is 0.352 e. The second kappa shape index (κ2) is 7.01. The van der Waals surface area contributed by atoms with E-state index in [-0.39, 0.29) is 16.8 Å². The van der Waals surface area contributed by atoms with E-state index >= 15 is 0 Å². The van der Waals surface area contributed by atoms with Gasteiger partial charge in [0.25, 0.3) is 0 Å². The first-order chi connectivity index (χ1) is 12.3. The molecule has 1 heterocycles. The first-order valence-electron chi connectivity index (χ1n) is 7.57. The van der Waals surface area contributed by atoms with Gasteiger partial charge in [-0.3, -0.25) is 0 Å². The van der Waals surface area contributed by atoms with E-state index in [2.05, 4.69) is 11.4 Å². The Kier molecular flexibility index (Phi) is 4.43. The first-order valence-corrected chi connectivity index (χ1v) is 7.57. The topological polar surface area (TPSA) is 83.4 Å². The quantitative estimate of drug-likeness (QED) is 0.850. The van der Waals surface area contributed by atoms with Gasteiger partial charge in [-0.25, -0.2) is 0 Å². The van der Waals surface area contributed by atoms with E-state index in [1.165, 1.54) is 0 Å². The maximum absolute atomic E-state index is 9.66. The molecule has 0 unspecified atom stereocenters. The van der Waals surface area contributed by atoms with Gasteiger partial charge in [0.05, 0.1) is 11.3 Å². The van der Waals surface area contributed by atoms with Gasteiger partial charge in [-0.2, -0.15) is 15.8 Å². The summed E-state index contributed by atoms with van der Waals surface area (Å²) in [5, 5.41) is 31.3. The Bertz CT molecular complexity index is 1010. The monoisotopic (exact) mass is 320 g/mol. The van der Waals surface area contributed by atoms with E-state index in [1.807, 2.05) is 78.9 Å². The van der Waals surface area contributed by atoms with Gasteiger partial charge < -0.3 is 5.32 Å². The summed E-state index contributed by atoms with van der Waals surface area (Å²) < 4.78 is 0. The van der Waals surface area contributed by atoms with Gasteiger partial charge in [-0.05, 0) is 17.2 Å². The number of nitrogens with zero attached hydrogens (tertiary/aromatic N) is 3. The Labute approximate surface area is 145 Å². The Morgan fingerprint density at radius 2 is 1.32 bits per heavy atom. The highest BCUT2D eigenvalue weighted by Crippen LogP contribution is 2.33. The minimum Gasteiger partial charge on any atom is -0.352 e. The molecule has 116 valence electrons. The van der Waals surface area contributed by atoms with Gasteiger partial charge in [0.2, 0.25) is 0 Å². The van der Waals surface area contributed by atoms with Crippen LogP contribution in [0, 0.1) is 34.0 Å². The third kappa shape index (κ3) is 3.04. The number of nitriles is 3. The van der Waals surface area contributed by atoms with Crippen molar-refractivity contribution >= 4 is 11.3 Å². The van der Waals surface area contributed by atoms with Crippen molar-refractivity contribution in [2.75, 3.05) is 0 Å². The summed E-state index contributed by atoms with van der Waals surface area (Å²) in [4.78, 5) is 0. The van der Waals surface area contributed by atoms with E-state index in [0.717, 1.165) is 16.8 Å². The van der Waals surface area contributed by atoms with E-state index in [4.69, 9.17) is 0 Å². The fourth-order valence-corrected chi connectivity index (χ4v) is 2.64. The molecule has 1 aliphatic rings. The number of nitrogens with one attached hydrogen (secondary N) is 1. The Morgan fingerprint density at radius 3 is 1.84 bits per heavy atom. The number of dihydropyridines is 1. The van der Waals surface area contributed by atoms with Crippen molar-refractivity contribution in [3.8, 4) is 18.2 Å². The molecule has 25 heavy (non-hydrogen) atoms. The molecule has 0 atom stereocenters. The van der Waals surface area contributed by atoms with Crippen LogP contribution in [-0.2, 0) is 0 Å². The average molecular weight is 320 g/mol. The highest BCUT2D eigenvalue weighted by Gasteiger charge is 2.23. The minimum absolute atomic E-state index is 0.119. The number of benzene rings is 2. The van der Waals surface area contributed by atoms with E-state index < -0.39 is 0 Å². The number of hydrogen-bond donors (Lipinski definition) is 1. The van der Waals surface area contributed by atoms with Crippen molar-refractivity contribution in [3.63, 3.8) is 0 Å². The second-order valence-electron chi connectivity index (χ2n) is 5.29. The van der Waals surface area contributed by atoms with Crippen LogP contribution in [0.4, 0.5) is 0 Å². The number of allylic oxidation sites excluding steroid dienone is 4. The van der Waals surface area contributed by atoms with Crippen molar-refractivity contribution in [3.05, 3.63) is 94.7 Å². The van der Waals surface area contributed by atoms with Gasteiger partial charge in [-0.1, -0.05) is 60.7 Å².